The molecule has 0 fully saturated rings. The largest absolute Gasteiger partial charge is 0.490 e. The van der Waals surface area contributed by atoms with Gasteiger partial charge < -0.3 is 15.4 Å². The molecule has 0 saturated carbocycles. The van der Waals surface area contributed by atoms with Gasteiger partial charge in [0.05, 0.1) is 17.9 Å². The van der Waals surface area contributed by atoms with Crippen LogP contribution in [0.5, 0.6) is 5.75 Å². The van der Waals surface area contributed by atoms with Gasteiger partial charge >= 0.3 is 0 Å². The summed E-state index contributed by atoms with van der Waals surface area (Å²) in [7, 11) is 2.08. The topological polar surface area (TPSA) is 51.4 Å². The van der Waals surface area contributed by atoms with Crippen molar-refractivity contribution in [1.29, 1.82) is 0 Å². The van der Waals surface area contributed by atoms with Crippen LogP contribution in [0, 0.1) is 6.92 Å². The first kappa shape index (κ1) is 11.3. The minimum atomic E-state index is 0.616. The predicted octanol–water partition coefficient (Wildman–Crippen LogP) is 2.53. The molecule has 0 spiro atoms. The van der Waals surface area contributed by atoms with E-state index in [1.54, 1.807) is 0 Å². The van der Waals surface area contributed by atoms with E-state index in [2.05, 4.69) is 23.0 Å². The number of likely N-dealkylation sites (N-methyl/N-ethyl adjacent to an activating group) is 1. The van der Waals surface area contributed by atoms with E-state index in [0.717, 1.165) is 40.7 Å². The highest BCUT2D eigenvalue weighted by Crippen LogP contribution is 2.36. The smallest absolute Gasteiger partial charge is 0.180 e. The summed E-state index contributed by atoms with van der Waals surface area (Å²) in [6, 6.07) is 6.17. The summed E-state index contributed by atoms with van der Waals surface area (Å²) in [5, 5.41) is 0.616. The normalized spacial score (nSPS) is 14.2. The maximum Gasteiger partial charge on any atom is 0.180 e. The SMILES string of the molecule is Cc1sc(N)nc1-c1ccc2c(c1)N(C)CCO2. The van der Waals surface area contributed by atoms with Crippen LogP contribution in [-0.2, 0) is 0 Å². The summed E-state index contributed by atoms with van der Waals surface area (Å²) in [5.41, 5.74) is 8.94. The molecule has 1 aliphatic rings. The number of hydrogen-bond acceptors (Lipinski definition) is 5. The molecular formula is C13H15N3OS. The number of nitrogen functional groups attached to an aromatic ring is 1. The Morgan fingerprint density at radius 3 is 3.00 bits per heavy atom. The number of hydrogen-bond donors (Lipinski definition) is 1. The van der Waals surface area contributed by atoms with Crippen molar-refractivity contribution in [2.24, 2.45) is 0 Å². The van der Waals surface area contributed by atoms with Crippen LogP contribution < -0.4 is 15.4 Å². The molecule has 0 radical (unpaired) electrons. The molecule has 2 aromatic rings. The Hall–Kier alpha value is -1.75. The molecule has 1 aliphatic heterocycles. The average Bonchev–Trinajstić information content (AvgIpc) is 2.69. The van der Waals surface area contributed by atoms with Crippen LogP contribution in [0.3, 0.4) is 0 Å². The number of aromatic nitrogens is 1. The predicted molar refractivity (Wildman–Crippen MR) is 75.5 cm³/mol. The third kappa shape index (κ3) is 1.80. The first-order valence-electron chi connectivity index (χ1n) is 5.86. The summed E-state index contributed by atoms with van der Waals surface area (Å²) in [4.78, 5) is 7.74. The molecule has 4 nitrogen and oxygen atoms in total. The molecule has 1 aromatic carbocycles. The van der Waals surface area contributed by atoms with Crippen molar-refractivity contribution in [2.45, 2.75) is 6.92 Å². The standard InChI is InChI=1S/C13H15N3OS/c1-8-12(15-13(14)18-8)9-3-4-11-10(7-9)16(2)5-6-17-11/h3-4,7H,5-6H2,1-2H3,(H2,14,15). The number of fused-ring (bicyclic) bond motifs is 1. The Bertz CT molecular complexity index is 594. The second-order valence-electron chi connectivity index (χ2n) is 4.41. The van der Waals surface area contributed by atoms with Crippen molar-refractivity contribution >= 4 is 22.2 Å². The van der Waals surface area contributed by atoms with Crippen molar-refractivity contribution in [3.8, 4) is 17.0 Å². The molecule has 18 heavy (non-hydrogen) atoms. The maximum atomic E-state index is 5.75. The summed E-state index contributed by atoms with van der Waals surface area (Å²) < 4.78 is 5.64. The van der Waals surface area contributed by atoms with E-state index in [0.29, 0.717) is 5.13 Å². The molecule has 0 unspecified atom stereocenters. The number of anilines is 2. The van der Waals surface area contributed by atoms with Gasteiger partial charge in [-0.25, -0.2) is 4.98 Å². The zero-order chi connectivity index (χ0) is 12.7. The van der Waals surface area contributed by atoms with Crippen LogP contribution in [0.4, 0.5) is 10.8 Å². The fourth-order valence-corrected chi connectivity index (χ4v) is 2.89. The Labute approximate surface area is 110 Å². The summed E-state index contributed by atoms with van der Waals surface area (Å²) in [5.74, 6) is 0.938. The third-order valence-electron chi connectivity index (χ3n) is 3.14. The molecule has 5 heteroatoms. The van der Waals surface area contributed by atoms with E-state index in [1.807, 2.05) is 19.1 Å². The fraction of sp³-hybridized carbons (Fsp3) is 0.308. The Morgan fingerprint density at radius 2 is 2.28 bits per heavy atom. The van der Waals surface area contributed by atoms with Crippen LogP contribution in [0.15, 0.2) is 18.2 Å². The molecule has 2 N–H and O–H groups in total. The van der Waals surface area contributed by atoms with Crippen molar-refractivity contribution in [3.63, 3.8) is 0 Å². The van der Waals surface area contributed by atoms with Gasteiger partial charge in [0.15, 0.2) is 5.13 Å². The molecule has 0 bridgehead atoms. The minimum Gasteiger partial charge on any atom is -0.490 e. The zero-order valence-corrected chi connectivity index (χ0v) is 11.3. The lowest BCUT2D eigenvalue weighted by molar-refractivity contribution is 0.311. The Kier molecular flexibility index (Phi) is 2.63. The lowest BCUT2D eigenvalue weighted by Crippen LogP contribution is -2.28. The average molecular weight is 261 g/mol. The van der Waals surface area contributed by atoms with Gasteiger partial charge in [0, 0.05) is 17.5 Å². The van der Waals surface area contributed by atoms with E-state index in [9.17, 15) is 0 Å². The van der Waals surface area contributed by atoms with Crippen LogP contribution in [0.2, 0.25) is 0 Å². The molecule has 94 valence electrons. The van der Waals surface area contributed by atoms with E-state index in [-0.39, 0.29) is 0 Å². The summed E-state index contributed by atoms with van der Waals surface area (Å²) in [6.07, 6.45) is 0. The summed E-state index contributed by atoms with van der Waals surface area (Å²) in [6.45, 7) is 3.70. The van der Waals surface area contributed by atoms with Gasteiger partial charge in [0.25, 0.3) is 0 Å². The van der Waals surface area contributed by atoms with Gasteiger partial charge in [-0.2, -0.15) is 0 Å². The van der Waals surface area contributed by atoms with Gasteiger partial charge in [-0.1, -0.05) is 0 Å². The van der Waals surface area contributed by atoms with Crippen molar-refractivity contribution in [1.82, 2.24) is 4.98 Å². The lowest BCUT2D eigenvalue weighted by Gasteiger charge is -2.28. The molecule has 0 atom stereocenters. The number of benzene rings is 1. The van der Waals surface area contributed by atoms with Crippen molar-refractivity contribution < 1.29 is 4.74 Å². The minimum absolute atomic E-state index is 0.616. The second kappa shape index (κ2) is 4.17. The van der Waals surface area contributed by atoms with Crippen molar-refractivity contribution in [3.05, 3.63) is 23.1 Å². The van der Waals surface area contributed by atoms with E-state index < -0.39 is 0 Å². The first-order chi connectivity index (χ1) is 8.65. The fourth-order valence-electron chi connectivity index (χ4n) is 2.18. The van der Waals surface area contributed by atoms with Gasteiger partial charge in [-0.3, -0.25) is 0 Å². The van der Waals surface area contributed by atoms with Gasteiger partial charge in [0.1, 0.15) is 12.4 Å². The number of nitrogens with zero attached hydrogens (tertiary/aromatic N) is 2. The zero-order valence-electron chi connectivity index (χ0n) is 10.4. The van der Waals surface area contributed by atoms with Gasteiger partial charge in [0.2, 0.25) is 0 Å². The highest BCUT2D eigenvalue weighted by atomic mass is 32.1. The molecule has 3 rings (SSSR count). The van der Waals surface area contributed by atoms with E-state index in [4.69, 9.17) is 10.5 Å². The van der Waals surface area contributed by atoms with E-state index in [1.165, 1.54) is 11.3 Å². The number of aryl methyl sites for hydroxylation is 1. The Morgan fingerprint density at radius 1 is 1.44 bits per heavy atom. The molecule has 2 heterocycles. The maximum absolute atomic E-state index is 5.75. The van der Waals surface area contributed by atoms with Crippen LogP contribution in [0.25, 0.3) is 11.3 Å². The third-order valence-corrected chi connectivity index (χ3v) is 3.94. The van der Waals surface area contributed by atoms with Crippen LogP contribution in [-0.4, -0.2) is 25.2 Å². The first-order valence-corrected chi connectivity index (χ1v) is 6.68. The second-order valence-corrected chi connectivity index (χ2v) is 5.64. The highest BCUT2D eigenvalue weighted by Gasteiger charge is 2.17. The number of thiazole rings is 1. The lowest BCUT2D eigenvalue weighted by atomic mass is 10.1. The van der Waals surface area contributed by atoms with Gasteiger partial charge in [-0.15, -0.1) is 11.3 Å². The molecule has 0 amide bonds. The van der Waals surface area contributed by atoms with Crippen molar-refractivity contribution in [2.75, 3.05) is 30.8 Å². The van der Waals surface area contributed by atoms with Gasteiger partial charge in [-0.05, 0) is 25.1 Å². The monoisotopic (exact) mass is 261 g/mol. The van der Waals surface area contributed by atoms with Crippen LogP contribution in [0.1, 0.15) is 4.88 Å². The van der Waals surface area contributed by atoms with Crippen LogP contribution >= 0.6 is 11.3 Å². The number of ether oxygens (including phenoxy) is 1. The van der Waals surface area contributed by atoms with E-state index >= 15 is 0 Å². The molecule has 0 saturated heterocycles. The quantitative estimate of drug-likeness (QED) is 0.857. The number of rotatable bonds is 1. The molecular weight excluding hydrogens is 246 g/mol. The highest BCUT2D eigenvalue weighted by molar-refractivity contribution is 7.15. The Balaban J connectivity index is 2.09. The number of nitrogens with two attached hydrogens (primary N) is 1. The summed E-state index contributed by atoms with van der Waals surface area (Å²) >= 11 is 1.52. The molecule has 0 aliphatic carbocycles. The molecule has 1 aromatic heterocycles.